The molecule has 0 unspecified atom stereocenters. The number of halogens is 1. The maximum atomic E-state index is 13.3. The Kier molecular flexibility index (Phi) is 3.72. The van der Waals surface area contributed by atoms with Gasteiger partial charge in [0.25, 0.3) is 5.56 Å². The third kappa shape index (κ3) is 3.16. The van der Waals surface area contributed by atoms with Crippen LogP contribution < -0.4 is 10.9 Å². The van der Waals surface area contributed by atoms with Gasteiger partial charge < -0.3 is 10.3 Å². The van der Waals surface area contributed by atoms with Crippen molar-refractivity contribution >= 4 is 5.82 Å². The van der Waals surface area contributed by atoms with Gasteiger partial charge in [-0.1, -0.05) is 18.2 Å². The number of nitrogens with one attached hydrogen (secondary N) is 2. The second-order valence-electron chi connectivity index (χ2n) is 3.98. The van der Waals surface area contributed by atoms with Crippen LogP contribution >= 0.6 is 0 Å². The van der Waals surface area contributed by atoms with Gasteiger partial charge >= 0.3 is 0 Å². The van der Waals surface area contributed by atoms with Gasteiger partial charge in [0.1, 0.15) is 17.5 Å². The summed E-state index contributed by atoms with van der Waals surface area (Å²) >= 11 is 0. The van der Waals surface area contributed by atoms with Gasteiger partial charge in [0, 0.05) is 12.6 Å². The molecule has 4 nitrogen and oxygen atoms in total. The number of aromatic amines is 1. The van der Waals surface area contributed by atoms with Crippen LogP contribution in [-0.2, 0) is 6.42 Å². The number of nitrogens with zero attached hydrogens (tertiary/aromatic N) is 1. The van der Waals surface area contributed by atoms with Crippen LogP contribution in [0.15, 0.2) is 35.1 Å². The quantitative estimate of drug-likeness (QED) is 0.867. The molecule has 5 heteroatoms. The number of hydrogen-bond acceptors (Lipinski definition) is 3. The number of aromatic nitrogens is 2. The third-order valence-electron chi connectivity index (χ3n) is 2.52. The van der Waals surface area contributed by atoms with Crippen LogP contribution in [0.25, 0.3) is 0 Å². The molecular weight excluding hydrogens is 233 g/mol. The van der Waals surface area contributed by atoms with E-state index in [4.69, 9.17) is 0 Å². The smallest absolute Gasteiger partial charge is 0.252 e. The Hall–Kier alpha value is -2.17. The average molecular weight is 247 g/mol. The first-order chi connectivity index (χ1) is 8.65. The van der Waals surface area contributed by atoms with Crippen LogP contribution in [0.1, 0.15) is 11.4 Å². The van der Waals surface area contributed by atoms with Crippen molar-refractivity contribution in [2.75, 3.05) is 11.9 Å². The van der Waals surface area contributed by atoms with Crippen molar-refractivity contribution in [3.63, 3.8) is 0 Å². The first kappa shape index (κ1) is 12.3. The molecule has 2 rings (SSSR count). The lowest BCUT2D eigenvalue weighted by molar-refractivity contribution is 0.610. The molecule has 0 fully saturated rings. The fourth-order valence-corrected chi connectivity index (χ4v) is 1.70. The van der Waals surface area contributed by atoms with Crippen LogP contribution in [0.4, 0.5) is 10.2 Å². The van der Waals surface area contributed by atoms with Crippen molar-refractivity contribution in [2.24, 2.45) is 0 Å². The molecule has 0 aliphatic heterocycles. The van der Waals surface area contributed by atoms with E-state index in [0.717, 1.165) is 0 Å². The minimum absolute atomic E-state index is 0.198. The first-order valence-corrected chi connectivity index (χ1v) is 5.70. The molecule has 2 N–H and O–H groups in total. The molecule has 0 saturated heterocycles. The van der Waals surface area contributed by atoms with E-state index in [1.54, 1.807) is 25.1 Å². The minimum Gasteiger partial charge on any atom is -0.370 e. The van der Waals surface area contributed by atoms with E-state index in [-0.39, 0.29) is 11.4 Å². The zero-order valence-electron chi connectivity index (χ0n) is 10.0. The van der Waals surface area contributed by atoms with Gasteiger partial charge in [-0.25, -0.2) is 9.37 Å². The van der Waals surface area contributed by atoms with Gasteiger partial charge in [-0.05, 0) is 25.0 Å². The average Bonchev–Trinajstić information content (AvgIpc) is 2.30. The highest BCUT2D eigenvalue weighted by Crippen LogP contribution is 2.07. The molecule has 1 heterocycles. The summed E-state index contributed by atoms with van der Waals surface area (Å²) in [5, 5.41) is 3.00. The van der Waals surface area contributed by atoms with E-state index in [1.807, 2.05) is 0 Å². The van der Waals surface area contributed by atoms with E-state index in [2.05, 4.69) is 15.3 Å². The van der Waals surface area contributed by atoms with Gasteiger partial charge in [0.15, 0.2) is 0 Å². The highest BCUT2D eigenvalue weighted by Gasteiger charge is 2.01. The Balaban J connectivity index is 1.96. The van der Waals surface area contributed by atoms with Crippen molar-refractivity contribution in [2.45, 2.75) is 13.3 Å². The second kappa shape index (κ2) is 5.44. The fraction of sp³-hybridized carbons (Fsp3) is 0.231. The molecule has 0 spiro atoms. The Morgan fingerprint density at radius 1 is 1.39 bits per heavy atom. The lowest BCUT2D eigenvalue weighted by Crippen LogP contribution is -2.13. The number of H-pyrrole nitrogens is 1. The lowest BCUT2D eigenvalue weighted by atomic mass is 10.1. The molecule has 0 atom stereocenters. The minimum atomic E-state index is -0.214. The summed E-state index contributed by atoms with van der Waals surface area (Å²) in [5.74, 6) is 0.845. The van der Waals surface area contributed by atoms with Gasteiger partial charge in [0.2, 0.25) is 0 Å². The number of benzene rings is 1. The normalized spacial score (nSPS) is 10.3. The molecule has 0 saturated carbocycles. The standard InChI is InChI=1S/C13H14FN3O/c1-9-16-12(8-13(18)17-9)15-7-6-10-4-2-3-5-11(10)14/h2-5,8H,6-7H2,1H3,(H2,15,16,17,18). The highest BCUT2D eigenvalue weighted by molar-refractivity contribution is 5.33. The number of hydrogen-bond donors (Lipinski definition) is 2. The molecule has 18 heavy (non-hydrogen) atoms. The summed E-state index contributed by atoms with van der Waals surface area (Å²) in [6.45, 7) is 2.24. The van der Waals surface area contributed by atoms with Gasteiger partial charge in [-0.2, -0.15) is 0 Å². The maximum absolute atomic E-state index is 13.3. The Morgan fingerprint density at radius 2 is 2.17 bits per heavy atom. The van der Waals surface area contributed by atoms with Crippen molar-refractivity contribution in [1.29, 1.82) is 0 Å². The van der Waals surface area contributed by atoms with Crippen molar-refractivity contribution < 1.29 is 4.39 Å². The van der Waals surface area contributed by atoms with E-state index in [0.29, 0.717) is 30.2 Å². The summed E-state index contributed by atoms with van der Waals surface area (Å²) in [7, 11) is 0. The first-order valence-electron chi connectivity index (χ1n) is 5.70. The molecule has 0 aliphatic rings. The molecule has 94 valence electrons. The van der Waals surface area contributed by atoms with Gasteiger partial charge in [0.05, 0.1) is 0 Å². The third-order valence-corrected chi connectivity index (χ3v) is 2.52. The molecule has 0 aliphatic carbocycles. The Bertz CT molecular complexity index is 595. The van der Waals surface area contributed by atoms with Gasteiger partial charge in [-0.15, -0.1) is 0 Å². The van der Waals surface area contributed by atoms with E-state index in [1.165, 1.54) is 12.1 Å². The molecule has 0 amide bonds. The summed E-state index contributed by atoms with van der Waals surface area (Å²) in [6.07, 6.45) is 0.542. The van der Waals surface area contributed by atoms with E-state index >= 15 is 0 Å². The lowest BCUT2D eigenvalue weighted by Gasteiger charge is -2.06. The summed E-state index contributed by atoms with van der Waals surface area (Å²) in [6, 6.07) is 8.02. The van der Waals surface area contributed by atoms with Crippen LogP contribution in [0, 0.1) is 12.7 Å². The summed E-state index contributed by atoms with van der Waals surface area (Å²) < 4.78 is 13.3. The largest absolute Gasteiger partial charge is 0.370 e. The number of rotatable bonds is 4. The Labute approximate surface area is 104 Å². The fourth-order valence-electron chi connectivity index (χ4n) is 1.70. The monoisotopic (exact) mass is 247 g/mol. The van der Waals surface area contributed by atoms with Crippen LogP contribution in [-0.4, -0.2) is 16.5 Å². The van der Waals surface area contributed by atoms with E-state index in [9.17, 15) is 9.18 Å². The molecule has 1 aromatic carbocycles. The zero-order valence-corrected chi connectivity index (χ0v) is 10.0. The SMILES string of the molecule is Cc1nc(NCCc2ccccc2F)cc(=O)[nH]1. The van der Waals surface area contributed by atoms with Crippen molar-refractivity contribution in [3.8, 4) is 0 Å². The molecular formula is C13H14FN3O. The molecule has 1 aromatic heterocycles. The molecule has 0 radical (unpaired) electrons. The highest BCUT2D eigenvalue weighted by atomic mass is 19.1. The number of aryl methyl sites for hydroxylation is 1. The van der Waals surface area contributed by atoms with Crippen LogP contribution in [0.2, 0.25) is 0 Å². The predicted octanol–water partition coefficient (Wildman–Crippen LogP) is 1.87. The molecule has 0 bridgehead atoms. The van der Waals surface area contributed by atoms with Gasteiger partial charge in [-0.3, -0.25) is 4.79 Å². The predicted molar refractivity (Wildman–Crippen MR) is 68.2 cm³/mol. The number of anilines is 1. The van der Waals surface area contributed by atoms with Crippen LogP contribution in [0.5, 0.6) is 0 Å². The molecule has 2 aromatic rings. The van der Waals surface area contributed by atoms with Crippen molar-refractivity contribution in [3.05, 3.63) is 57.9 Å². The van der Waals surface area contributed by atoms with Crippen LogP contribution in [0.3, 0.4) is 0 Å². The summed E-state index contributed by atoms with van der Waals surface area (Å²) in [4.78, 5) is 17.9. The topological polar surface area (TPSA) is 57.8 Å². The second-order valence-corrected chi connectivity index (χ2v) is 3.98. The van der Waals surface area contributed by atoms with E-state index < -0.39 is 0 Å². The maximum Gasteiger partial charge on any atom is 0.252 e. The zero-order chi connectivity index (χ0) is 13.0. The Morgan fingerprint density at radius 3 is 2.89 bits per heavy atom. The summed E-state index contributed by atoms with van der Waals surface area (Å²) in [5.41, 5.74) is 0.447. The van der Waals surface area contributed by atoms with Crippen molar-refractivity contribution in [1.82, 2.24) is 9.97 Å².